The van der Waals surface area contributed by atoms with E-state index in [1.807, 2.05) is 12.1 Å². The van der Waals surface area contributed by atoms with Crippen LogP contribution < -0.4 is 10.1 Å². The molecule has 1 N–H and O–H groups in total. The van der Waals surface area contributed by atoms with Crippen LogP contribution in [0.15, 0.2) is 24.3 Å². The van der Waals surface area contributed by atoms with Crippen LogP contribution in [0.5, 0.6) is 5.75 Å². The summed E-state index contributed by atoms with van der Waals surface area (Å²) in [6, 6.07) is 9.44. The molecule has 0 aromatic heterocycles. The lowest BCUT2D eigenvalue weighted by atomic mass is 9.91. The van der Waals surface area contributed by atoms with E-state index in [0.29, 0.717) is 17.5 Å². The molecule has 1 aliphatic carbocycles. The number of benzene rings is 1. The average molecular weight is 247 g/mol. The van der Waals surface area contributed by atoms with Gasteiger partial charge in [-0.25, -0.2) is 0 Å². The van der Waals surface area contributed by atoms with Gasteiger partial charge in [-0.15, -0.1) is 0 Å². The topological polar surface area (TPSA) is 21.3 Å². The maximum absolute atomic E-state index is 5.19. The number of hydrogen-bond donors (Lipinski definition) is 1. The van der Waals surface area contributed by atoms with Crippen molar-refractivity contribution in [2.24, 2.45) is 5.41 Å². The van der Waals surface area contributed by atoms with Gasteiger partial charge in [0, 0.05) is 12.1 Å². The first-order valence-electron chi connectivity index (χ1n) is 6.90. The van der Waals surface area contributed by atoms with Crippen LogP contribution >= 0.6 is 0 Å². The summed E-state index contributed by atoms with van der Waals surface area (Å²) in [5.41, 5.74) is 1.85. The van der Waals surface area contributed by atoms with E-state index in [0.717, 1.165) is 5.75 Å². The molecule has 100 valence electrons. The Kier molecular flexibility index (Phi) is 3.96. The third-order valence-corrected chi connectivity index (χ3v) is 4.07. The van der Waals surface area contributed by atoms with Gasteiger partial charge in [-0.1, -0.05) is 26.0 Å². The molecule has 1 saturated carbocycles. The van der Waals surface area contributed by atoms with Crippen LogP contribution in [0.25, 0.3) is 0 Å². The SMILES string of the molecule is COc1ccc([C@H](C)NC2CCC(C)(C)C2)cc1. The Morgan fingerprint density at radius 2 is 1.94 bits per heavy atom. The number of ether oxygens (including phenoxy) is 1. The molecule has 2 atom stereocenters. The van der Waals surface area contributed by atoms with Crippen molar-refractivity contribution in [1.29, 1.82) is 0 Å². The van der Waals surface area contributed by atoms with E-state index in [4.69, 9.17) is 4.74 Å². The maximum atomic E-state index is 5.19. The van der Waals surface area contributed by atoms with Crippen molar-refractivity contribution in [2.75, 3.05) is 7.11 Å². The highest BCUT2D eigenvalue weighted by atomic mass is 16.5. The van der Waals surface area contributed by atoms with Crippen molar-refractivity contribution in [3.05, 3.63) is 29.8 Å². The highest BCUT2D eigenvalue weighted by molar-refractivity contribution is 5.28. The third-order valence-electron chi connectivity index (χ3n) is 4.07. The molecule has 1 aromatic carbocycles. The minimum Gasteiger partial charge on any atom is -0.497 e. The molecule has 0 aliphatic heterocycles. The van der Waals surface area contributed by atoms with Crippen LogP contribution in [0.1, 0.15) is 51.6 Å². The first kappa shape index (κ1) is 13.4. The Morgan fingerprint density at radius 3 is 2.44 bits per heavy atom. The fraction of sp³-hybridized carbons (Fsp3) is 0.625. The number of methoxy groups -OCH3 is 1. The zero-order chi connectivity index (χ0) is 13.2. The van der Waals surface area contributed by atoms with Crippen LogP contribution in [0.2, 0.25) is 0 Å². The molecular formula is C16H25NO. The number of rotatable bonds is 4. The van der Waals surface area contributed by atoms with Gasteiger partial charge in [-0.3, -0.25) is 0 Å². The molecule has 1 fully saturated rings. The van der Waals surface area contributed by atoms with Crippen LogP contribution in [-0.2, 0) is 0 Å². The summed E-state index contributed by atoms with van der Waals surface area (Å²) in [5.74, 6) is 0.924. The lowest BCUT2D eigenvalue weighted by Gasteiger charge is -2.22. The second-order valence-electron chi connectivity index (χ2n) is 6.27. The summed E-state index contributed by atoms with van der Waals surface area (Å²) >= 11 is 0. The van der Waals surface area contributed by atoms with Gasteiger partial charge < -0.3 is 10.1 Å². The van der Waals surface area contributed by atoms with Crippen molar-refractivity contribution in [3.63, 3.8) is 0 Å². The Labute approximate surface area is 111 Å². The summed E-state index contributed by atoms with van der Waals surface area (Å²) < 4.78 is 5.19. The van der Waals surface area contributed by atoms with Gasteiger partial charge in [0.15, 0.2) is 0 Å². The fourth-order valence-corrected chi connectivity index (χ4v) is 2.92. The summed E-state index contributed by atoms with van der Waals surface area (Å²) in [6.07, 6.45) is 3.92. The van der Waals surface area contributed by atoms with E-state index in [-0.39, 0.29) is 0 Å². The summed E-state index contributed by atoms with van der Waals surface area (Å²) in [6.45, 7) is 6.98. The van der Waals surface area contributed by atoms with Crippen molar-refractivity contribution < 1.29 is 4.74 Å². The first-order valence-corrected chi connectivity index (χ1v) is 6.90. The lowest BCUT2D eigenvalue weighted by molar-refractivity contribution is 0.356. The van der Waals surface area contributed by atoms with Crippen molar-refractivity contribution in [1.82, 2.24) is 5.32 Å². The molecular weight excluding hydrogens is 222 g/mol. The zero-order valence-electron chi connectivity index (χ0n) is 12.0. The number of nitrogens with one attached hydrogen (secondary N) is 1. The largest absolute Gasteiger partial charge is 0.497 e. The predicted molar refractivity (Wildman–Crippen MR) is 76.0 cm³/mol. The molecule has 0 heterocycles. The van der Waals surface area contributed by atoms with Gasteiger partial charge >= 0.3 is 0 Å². The average Bonchev–Trinajstić information content (AvgIpc) is 2.68. The fourth-order valence-electron chi connectivity index (χ4n) is 2.92. The highest BCUT2D eigenvalue weighted by Gasteiger charge is 2.31. The molecule has 2 heteroatoms. The van der Waals surface area contributed by atoms with Crippen LogP contribution in [0.3, 0.4) is 0 Å². The Morgan fingerprint density at radius 1 is 1.28 bits per heavy atom. The monoisotopic (exact) mass is 247 g/mol. The van der Waals surface area contributed by atoms with Gasteiger partial charge in [0.05, 0.1) is 7.11 Å². The normalized spacial score (nSPS) is 23.9. The van der Waals surface area contributed by atoms with Crippen molar-refractivity contribution >= 4 is 0 Å². The molecule has 1 unspecified atom stereocenters. The molecule has 2 rings (SSSR count). The molecule has 1 aliphatic rings. The third kappa shape index (κ3) is 3.26. The van der Waals surface area contributed by atoms with Gasteiger partial charge in [-0.2, -0.15) is 0 Å². The molecule has 2 nitrogen and oxygen atoms in total. The smallest absolute Gasteiger partial charge is 0.118 e. The Bertz CT molecular complexity index is 383. The standard InChI is InChI=1S/C16H25NO/c1-12(13-5-7-15(18-4)8-6-13)17-14-9-10-16(2,3)11-14/h5-8,12,14,17H,9-11H2,1-4H3/t12-,14?/m0/s1. The van der Waals surface area contributed by atoms with E-state index in [1.54, 1.807) is 7.11 Å². The van der Waals surface area contributed by atoms with Gasteiger partial charge in [0.2, 0.25) is 0 Å². The van der Waals surface area contributed by atoms with Crippen LogP contribution in [0.4, 0.5) is 0 Å². The number of hydrogen-bond acceptors (Lipinski definition) is 2. The van der Waals surface area contributed by atoms with E-state index < -0.39 is 0 Å². The quantitative estimate of drug-likeness (QED) is 0.870. The van der Waals surface area contributed by atoms with Gasteiger partial charge in [0.1, 0.15) is 5.75 Å². The van der Waals surface area contributed by atoms with E-state index in [2.05, 4.69) is 38.2 Å². The molecule has 0 bridgehead atoms. The first-order chi connectivity index (χ1) is 8.50. The van der Waals surface area contributed by atoms with Gasteiger partial charge in [0.25, 0.3) is 0 Å². The van der Waals surface area contributed by atoms with E-state index in [1.165, 1.54) is 24.8 Å². The highest BCUT2D eigenvalue weighted by Crippen LogP contribution is 2.37. The minimum atomic E-state index is 0.412. The second kappa shape index (κ2) is 5.31. The van der Waals surface area contributed by atoms with Crippen LogP contribution in [-0.4, -0.2) is 13.2 Å². The molecule has 0 amide bonds. The second-order valence-corrected chi connectivity index (χ2v) is 6.27. The van der Waals surface area contributed by atoms with Crippen molar-refractivity contribution in [3.8, 4) is 5.75 Å². The summed E-state index contributed by atoms with van der Waals surface area (Å²) in [5, 5.41) is 3.75. The summed E-state index contributed by atoms with van der Waals surface area (Å²) in [7, 11) is 1.71. The Hall–Kier alpha value is -1.02. The molecule has 0 spiro atoms. The maximum Gasteiger partial charge on any atom is 0.118 e. The minimum absolute atomic E-state index is 0.412. The Balaban J connectivity index is 1.93. The molecule has 0 saturated heterocycles. The molecule has 0 radical (unpaired) electrons. The zero-order valence-corrected chi connectivity index (χ0v) is 12.0. The molecule has 18 heavy (non-hydrogen) atoms. The molecule has 1 aromatic rings. The van der Waals surface area contributed by atoms with Crippen molar-refractivity contribution in [2.45, 2.75) is 52.1 Å². The van der Waals surface area contributed by atoms with E-state index >= 15 is 0 Å². The van der Waals surface area contributed by atoms with E-state index in [9.17, 15) is 0 Å². The van der Waals surface area contributed by atoms with Crippen LogP contribution in [0, 0.1) is 5.41 Å². The predicted octanol–water partition coefficient (Wildman–Crippen LogP) is 3.92. The van der Waals surface area contributed by atoms with Gasteiger partial charge in [-0.05, 0) is 49.3 Å². The lowest BCUT2D eigenvalue weighted by Crippen LogP contribution is -2.30. The summed E-state index contributed by atoms with van der Waals surface area (Å²) in [4.78, 5) is 0.